The number of benzene rings is 1. The fourth-order valence-electron chi connectivity index (χ4n) is 3.34. The van der Waals surface area contributed by atoms with Crippen LogP contribution in [0.2, 0.25) is 0 Å². The molecule has 0 saturated carbocycles. The van der Waals surface area contributed by atoms with Gasteiger partial charge in [-0.05, 0) is 36.8 Å². The van der Waals surface area contributed by atoms with Gasteiger partial charge < -0.3 is 14.4 Å². The van der Waals surface area contributed by atoms with Crippen molar-refractivity contribution in [2.45, 2.75) is 52.1 Å². The molecule has 0 radical (unpaired) electrons. The highest BCUT2D eigenvalue weighted by molar-refractivity contribution is 5.89. The lowest BCUT2D eigenvalue weighted by Crippen LogP contribution is -2.40. The standard InChI is InChI=1S/C20H27N3O3/c1-13-7-5-6-8-15(13)16(24)14-9-11-23(12-10-14)18(25)17-21-22-19(26-17)20(2,3)4/h5-8,14,16,24H,9-12H2,1-4H3. The number of aliphatic hydroxyl groups is 1. The molecule has 1 unspecified atom stereocenters. The maximum atomic E-state index is 12.6. The number of amides is 1. The summed E-state index contributed by atoms with van der Waals surface area (Å²) in [5.74, 6) is 0.434. The second-order valence-electron chi connectivity index (χ2n) is 8.09. The Morgan fingerprint density at radius 3 is 2.46 bits per heavy atom. The Balaban J connectivity index is 1.62. The van der Waals surface area contributed by atoms with E-state index in [1.54, 1.807) is 4.90 Å². The first-order valence-corrected chi connectivity index (χ1v) is 9.14. The lowest BCUT2D eigenvalue weighted by molar-refractivity contribution is 0.0433. The Morgan fingerprint density at radius 2 is 1.88 bits per heavy atom. The average molecular weight is 357 g/mol. The van der Waals surface area contributed by atoms with Crippen molar-refractivity contribution in [2.24, 2.45) is 5.92 Å². The van der Waals surface area contributed by atoms with Crippen molar-refractivity contribution >= 4 is 5.91 Å². The van der Waals surface area contributed by atoms with Crippen LogP contribution in [-0.4, -0.2) is 39.2 Å². The van der Waals surface area contributed by atoms with Crippen molar-refractivity contribution in [2.75, 3.05) is 13.1 Å². The van der Waals surface area contributed by atoms with E-state index in [4.69, 9.17) is 4.42 Å². The monoisotopic (exact) mass is 357 g/mol. The quantitative estimate of drug-likeness (QED) is 0.912. The van der Waals surface area contributed by atoms with E-state index < -0.39 is 6.10 Å². The maximum Gasteiger partial charge on any atom is 0.311 e. The van der Waals surface area contributed by atoms with Crippen LogP contribution in [0.25, 0.3) is 0 Å². The minimum Gasteiger partial charge on any atom is -0.416 e. The van der Waals surface area contributed by atoms with Gasteiger partial charge in [-0.25, -0.2) is 0 Å². The summed E-state index contributed by atoms with van der Waals surface area (Å²) in [5.41, 5.74) is 1.79. The number of nitrogens with zero attached hydrogens (tertiary/aromatic N) is 3. The van der Waals surface area contributed by atoms with Gasteiger partial charge >= 0.3 is 11.8 Å². The Labute approximate surface area is 154 Å². The number of aromatic nitrogens is 2. The van der Waals surface area contributed by atoms with Crippen molar-refractivity contribution < 1.29 is 14.3 Å². The Kier molecular flexibility index (Phi) is 5.14. The molecule has 6 nitrogen and oxygen atoms in total. The number of piperidine rings is 1. The van der Waals surface area contributed by atoms with Gasteiger partial charge in [0, 0.05) is 18.5 Å². The molecule has 26 heavy (non-hydrogen) atoms. The van der Waals surface area contributed by atoms with Crippen LogP contribution in [-0.2, 0) is 5.41 Å². The summed E-state index contributed by atoms with van der Waals surface area (Å²) in [6, 6.07) is 7.92. The molecule has 0 bridgehead atoms. The number of likely N-dealkylation sites (tertiary alicyclic amines) is 1. The van der Waals surface area contributed by atoms with Crippen LogP contribution in [0.5, 0.6) is 0 Å². The van der Waals surface area contributed by atoms with Crippen molar-refractivity contribution in [1.29, 1.82) is 0 Å². The topological polar surface area (TPSA) is 79.5 Å². The molecule has 1 amide bonds. The van der Waals surface area contributed by atoms with E-state index in [2.05, 4.69) is 10.2 Å². The summed E-state index contributed by atoms with van der Waals surface area (Å²) in [6.07, 6.45) is 1.01. The number of carbonyl (C=O) groups excluding carboxylic acids is 1. The molecular formula is C20H27N3O3. The SMILES string of the molecule is Cc1ccccc1C(O)C1CCN(C(=O)c2nnc(C(C)(C)C)o2)CC1. The van der Waals surface area contributed by atoms with Crippen LogP contribution in [0.15, 0.2) is 28.7 Å². The van der Waals surface area contributed by atoms with Crippen molar-refractivity contribution in [1.82, 2.24) is 15.1 Å². The van der Waals surface area contributed by atoms with Crippen LogP contribution in [0.4, 0.5) is 0 Å². The van der Waals surface area contributed by atoms with Gasteiger partial charge in [0.15, 0.2) is 0 Å². The molecule has 1 fully saturated rings. The molecule has 3 rings (SSSR count). The molecule has 0 spiro atoms. The van der Waals surface area contributed by atoms with Gasteiger partial charge in [0.25, 0.3) is 0 Å². The average Bonchev–Trinajstić information content (AvgIpc) is 3.12. The summed E-state index contributed by atoms with van der Waals surface area (Å²) in [5, 5.41) is 18.6. The Bertz CT molecular complexity index is 771. The van der Waals surface area contributed by atoms with E-state index in [0.29, 0.717) is 19.0 Å². The summed E-state index contributed by atoms with van der Waals surface area (Å²) in [7, 11) is 0. The zero-order valence-electron chi connectivity index (χ0n) is 15.9. The molecule has 1 atom stereocenters. The number of aryl methyl sites for hydroxylation is 1. The van der Waals surface area contributed by atoms with E-state index >= 15 is 0 Å². The minimum absolute atomic E-state index is 0.0489. The van der Waals surface area contributed by atoms with Gasteiger partial charge in [-0.1, -0.05) is 45.0 Å². The number of rotatable bonds is 3. The molecule has 1 N–H and O–H groups in total. The fraction of sp³-hybridized carbons (Fsp3) is 0.550. The summed E-state index contributed by atoms with van der Waals surface area (Å²) < 4.78 is 5.56. The fourth-order valence-corrected chi connectivity index (χ4v) is 3.34. The zero-order chi connectivity index (χ0) is 18.9. The number of hydrogen-bond acceptors (Lipinski definition) is 5. The molecule has 1 aliphatic rings. The lowest BCUT2D eigenvalue weighted by Gasteiger charge is -2.34. The number of carbonyl (C=O) groups is 1. The van der Waals surface area contributed by atoms with E-state index in [9.17, 15) is 9.90 Å². The van der Waals surface area contributed by atoms with Gasteiger partial charge in [0.1, 0.15) is 0 Å². The molecule has 2 heterocycles. The third kappa shape index (κ3) is 3.80. The van der Waals surface area contributed by atoms with Gasteiger partial charge in [0.2, 0.25) is 5.89 Å². The van der Waals surface area contributed by atoms with Gasteiger partial charge in [0.05, 0.1) is 6.10 Å². The predicted octanol–water partition coefficient (Wildman–Crippen LogP) is 3.26. The van der Waals surface area contributed by atoms with Gasteiger partial charge in [-0.15, -0.1) is 10.2 Å². The Hall–Kier alpha value is -2.21. The summed E-state index contributed by atoms with van der Waals surface area (Å²) in [6.45, 7) is 9.08. The number of hydrogen-bond donors (Lipinski definition) is 1. The van der Waals surface area contributed by atoms with Crippen LogP contribution in [0, 0.1) is 12.8 Å². The zero-order valence-corrected chi connectivity index (χ0v) is 15.9. The van der Waals surface area contributed by atoms with Crippen LogP contribution in [0.3, 0.4) is 0 Å². The normalized spacial score (nSPS) is 17.3. The third-order valence-corrected chi connectivity index (χ3v) is 5.03. The summed E-state index contributed by atoms with van der Waals surface area (Å²) in [4.78, 5) is 14.3. The first-order valence-electron chi connectivity index (χ1n) is 9.14. The predicted molar refractivity (Wildman–Crippen MR) is 97.8 cm³/mol. The third-order valence-electron chi connectivity index (χ3n) is 5.03. The molecule has 0 aliphatic carbocycles. The Morgan fingerprint density at radius 1 is 1.23 bits per heavy atom. The molecule has 2 aromatic rings. The molecule has 6 heteroatoms. The highest BCUT2D eigenvalue weighted by atomic mass is 16.4. The lowest BCUT2D eigenvalue weighted by atomic mass is 9.86. The highest BCUT2D eigenvalue weighted by Crippen LogP contribution is 2.32. The van der Waals surface area contributed by atoms with E-state index in [1.165, 1.54) is 0 Å². The van der Waals surface area contributed by atoms with Crippen molar-refractivity contribution in [3.8, 4) is 0 Å². The first-order chi connectivity index (χ1) is 12.3. The second kappa shape index (κ2) is 7.19. The molecule has 1 aliphatic heterocycles. The molecule has 140 valence electrons. The second-order valence-corrected chi connectivity index (χ2v) is 8.09. The molecular weight excluding hydrogens is 330 g/mol. The summed E-state index contributed by atoms with van der Waals surface area (Å²) >= 11 is 0. The van der Waals surface area contributed by atoms with E-state index in [1.807, 2.05) is 52.0 Å². The molecule has 1 saturated heterocycles. The largest absolute Gasteiger partial charge is 0.416 e. The van der Waals surface area contributed by atoms with Crippen molar-refractivity contribution in [3.05, 3.63) is 47.2 Å². The van der Waals surface area contributed by atoms with Gasteiger partial charge in [-0.2, -0.15) is 0 Å². The van der Waals surface area contributed by atoms with Crippen LogP contribution >= 0.6 is 0 Å². The first kappa shape index (κ1) is 18.6. The molecule has 1 aromatic heterocycles. The van der Waals surface area contributed by atoms with Gasteiger partial charge in [-0.3, -0.25) is 4.79 Å². The van der Waals surface area contributed by atoms with Crippen LogP contribution < -0.4 is 0 Å². The molecule has 1 aromatic carbocycles. The smallest absolute Gasteiger partial charge is 0.311 e. The van der Waals surface area contributed by atoms with Crippen LogP contribution in [0.1, 0.15) is 67.4 Å². The van der Waals surface area contributed by atoms with E-state index in [-0.39, 0.29) is 23.1 Å². The maximum absolute atomic E-state index is 12.6. The minimum atomic E-state index is -0.496. The highest BCUT2D eigenvalue weighted by Gasteiger charge is 2.32. The number of aliphatic hydroxyl groups excluding tert-OH is 1. The van der Waals surface area contributed by atoms with E-state index in [0.717, 1.165) is 24.0 Å². The van der Waals surface area contributed by atoms with Crippen molar-refractivity contribution in [3.63, 3.8) is 0 Å².